The van der Waals surface area contributed by atoms with Gasteiger partial charge in [0.2, 0.25) is 11.7 Å². The highest BCUT2D eigenvalue weighted by Gasteiger charge is 2.28. The number of amides is 4. The standard InChI is InChI=1S/C43H42N4O9S2/c1-7-34(40(50)47-42-35(43(52)56-6)25(2)37(58-42)41(51)44-28-17-12-9-13-18-28)57-30-20-14-19-29(24-30)45-39(49)31(46-38(48)27-15-10-8-11-16-27)21-26-22-32(53-3)36(55-5)33(23-26)54-4/h8-24,34H,7H2,1-6H3,(H,44,51)(H,45,49)(H,46,48)(H,47,50)/b31-21+. The Morgan fingerprint density at radius 3 is 1.98 bits per heavy atom. The Bertz CT molecular complexity index is 2300. The van der Waals surface area contributed by atoms with Gasteiger partial charge in [0.25, 0.3) is 17.7 Å². The number of esters is 1. The van der Waals surface area contributed by atoms with Crippen molar-refractivity contribution in [1.29, 1.82) is 0 Å². The van der Waals surface area contributed by atoms with Crippen LogP contribution < -0.4 is 35.5 Å². The normalized spacial score (nSPS) is 11.4. The number of nitrogens with one attached hydrogen (secondary N) is 4. The Kier molecular flexibility index (Phi) is 14.7. The molecule has 1 aromatic heterocycles. The zero-order valence-electron chi connectivity index (χ0n) is 32.6. The Labute approximate surface area is 344 Å². The predicted octanol–water partition coefficient (Wildman–Crippen LogP) is 8.04. The van der Waals surface area contributed by atoms with Gasteiger partial charge in [0.05, 0.1) is 44.1 Å². The third-order valence-electron chi connectivity index (χ3n) is 8.57. The SMILES string of the molecule is CCC(Sc1cccc(NC(=O)/C(=C\c2cc(OC)c(OC)c(OC)c2)NC(=O)c2ccccc2)c1)C(=O)Nc1sc(C(=O)Nc2ccccc2)c(C)c1C(=O)OC. The summed E-state index contributed by atoms with van der Waals surface area (Å²) < 4.78 is 21.4. The van der Waals surface area contributed by atoms with Gasteiger partial charge in [-0.25, -0.2) is 4.79 Å². The average molecular weight is 823 g/mol. The van der Waals surface area contributed by atoms with E-state index in [-0.39, 0.29) is 21.1 Å². The monoisotopic (exact) mass is 822 g/mol. The first-order chi connectivity index (χ1) is 28.0. The fourth-order valence-corrected chi connectivity index (χ4v) is 7.80. The molecule has 300 valence electrons. The van der Waals surface area contributed by atoms with Crippen molar-refractivity contribution in [2.24, 2.45) is 0 Å². The molecule has 15 heteroatoms. The lowest BCUT2D eigenvalue weighted by molar-refractivity contribution is -0.116. The van der Waals surface area contributed by atoms with Crippen LogP contribution >= 0.6 is 23.1 Å². The summed E-state index contributed by atoms with van der Waals surface area (Å²) >= 11 is 2.23. The molecular formula is C43H42N4O9S2. The molecule has 0 aliphatic rings. The number of methoxy groups -OCH3 is 4. The summed E-state index contributed by atoms with van der Waals surface area (Å²) in [4.78, 5) is 67.9. The van der Waals surface area contributed by atoms with E-state index in [1.54, 1.807) is 97.9 Å². The zero-order valence-corrected chi connectivity index (χ0v) is 34.2. The first-order valence-corrected chi connectivity index (χ1v) is 19.5. The van der Waals surface area contributed by atoms with Crippen LogP contribution in [0.1, 0.15) is 54.9 Å². The number of benzene rings is 4. The van der Waals surface area contributed by atoms with Crippen molar-refractivity contribution >= 4 is 75.1 Å². The third kappa shape index (κ3) is 10.4. The van der Waals surface area contributed by atoms with Crippen molar-refractivity contribution in [3.05, 3.63) is 130 Å². The number of hydrogen-bond donors (Lipinski definition) is 4. The molecule has 58 heavy (non-hydrogen) atoms. The topological polar surface area (TPSA) is 170 Å². The summed E-state index contributed by atoms with van der Waals surface area (Å²) in [5.74, 6) is -1.58. The van der Waals surface area contributed by atoms with Crippen LogP contribution in [0.4, 0.5) is 16.4 Å². The molecule has 1 heterocycles. The summed E-state index contributed by atoms with van der Waals surface area (Å²) in [6, 6.07) is 27.5. The lowest BCUT2D eigenvalue weighted by Crippen LogP contribution is -2.30. The molecule has 0 saturated carbocycles. The van der Waals surface area contributed by atoms with Crippen LogP contribution in [-0.2, 0) is 14.3 Å². The average Bonchev–Trinajstić information content (AvgIpc) is 3.57. The number of carbonyl (C=O) groups excluding carboxylic acids is 5. The molecule has 0 aliphatic heterocycles. The number of para-hydroxylation sites is 1. The Morgan fingerprint density at radius 1 is 0.741 bits per heavy atom. The molecular weight excluding hydrogens is 781 g/mol. The lowest BCUT2D eigenvalue weighted by atomic mass is 10.1. The van der Waals surface area contributed by atoms with Crippen LogP contribution in [0.5, 0.6) is 17.2 Å². The second-order valence-electron chi connectivity index (χ2n) is 12.4. The van der Waals surface area contributed by atoms with E-state index in [2.05, 4.69) is 21.3 Å². The van der Waals surface area contributed by atoms with Crippen LogP contribution in [0.3, 0.4) is 0 Å². The van der Waals surface area contributed by atoms with Gasteiger partial charge in [0, 0.05) is 21.8 Å². The van der Waals surface area contributed by atoms with Gasteiger partial charge in [-0.2, -0.15) is 0 Å². The van der Waals surface area contributed by atoms with Crippen molar-refractivity contribution in [3.63, 3.8) is 0 Å². The van der Waals surface area contributed by atoms with Gasteiger partial charge in [-0.1, -0.05) is 49.4 Å². The number of rotatable bonds is 16. The number of ether oxygens (including phenoxy) is 4. The number of anilines is 3. The van der Waals surface area contributed by atoms with Crippen molar-refractivity contribution in [1.82, 2.24) is 5.32 Å². The van der Waals surface area contributed by atoms with Crippen molar-refractivity contribution in [3.8, 4) is 17.2 Å². The van der Waals surface area contributed by atoms with Gasteiger partial charge in [-0.3, -0.25) is 19.2 Å². The van der Waals surface area contributed by atoms with Crippen LogP contribution in [0, 0.1) is 6.92 Å². The van der Waals surface area contributed by atoms with Crippen LogP contribution in [-0.4, -0.2) is 63.3 Å². The predicted molar refractivity (Wildman–Crippen MR) is 226 cm³/mol. The molecule has 0 fully saturated rings. The van der Waals surface area contributed by atoms with Crippen LogP contribution in [0.2, 0.25) is 0 Å². The van der Waals surface area contributed by atoms with Crippen molar-refractivity contribution in [2.75, 3.05) is 44.4 Å². The maximum absolute atomic E-state index is 13.9. The molecule has 0 saturated heterocycles. The minimum absolute atomic E-state index is 0.0727. The second kappa shape index (κ2) is 20.0. The Balaban J connectivity index is 1.37. The molecule has 0 radical (unpaired) electrons. The molecule has 5 aromatic rings. The molecule has 1 atom stereocenters. The van der Waals surface area contributed by atoms with Gasteiger partial charge in [-0.15, -0.1) is 23.1 Å². The van der Waals surface area contributed by atoms with E-state index in [0.717, 1.165) is 11.3 Å². The summed E-state index contributed by atoms with van der Waals surface area (Å²) in [7, 11) is 5.65. The zero-order chi connectivity index (χ0) is 41.8. The Morgan fingerprint density at radius 2 is 1.38 bits per heavy atom. The fraction of sp³-hybridized carbons (Fsp3) is 0.186. The van der Waals surface area contributed by atoms with Gasteiger partial charge in [0.15, 0.2) is 11.5 Å². The van der Waals surface area contributed by atoms with E-state index in [9.17, 15) is 24.0 Å². The molecule has 0 aliphatic carbocycles. The number of carbonyl (C=O) groups is 5. The molecule has 0 bridgehead atoms. The van der Waals surface area contributed by atoms with Gasteiger partial charge in [-0.05, 0) is 85.1 Å². The highest BCUT2D eigenvalue weighted by molar-refractivity contribution is 8.00. The van der Waals surface area contributed by atoms with Crippen LogP contribution in [0.25, 0.3) is 6.08 Å². The van der Waals surface area contributed by atoms with E-state index in [0.29, 0.717) is 56.6 Å². The minimum Gasteiger partial charge on any atom is -0.493 e. The number of hydrogen-bond acceptors (Lipinski definition) is 11. The Hall–Kier alpha value is -6.58. The molecule has 1 unspecified atom stereocenters. The highest BCUT2D eigenvalue weighted by Crippen LogP contribution is 2.39. The number of thiophene rings is 1. The lowest BCUT2D eigenvalue weighted by Gasteiger charge is -2.16. The molecule has 4 amide bonds. The third-order valence-corrected chi connectivity index (χ3v) is 11.1. The van der Waals surface area contributed by atoms with E-state index in [1.807, 2.05) is 13.0 Å². The smallest absolute Gasteiger partial charge is 0.341 e. The van der Waals surface area contributed by atoms with Crippen molar-refractivity contribution in [2.45, 2.75) is 30.4 Å². The molecule has 5 rings (SSSR count). The van der Waals surface area contributed by atoms with Crippen molar-refractivity contribution < 1.29 is 42.9 Å². The summed E-state index contributed by atoms with van der Waals surface area (Å²) in [6.45, 7) is 3.47. The maximum Gasteiger partial charge on any atom is 0.341 e. The first-order valence-electron chi connectivity index (χ1n) is 17.8. The first kappa shape index (κ1) is 42.6. The summed E-state index contributed by atoms with van der Waals surface area (Å²) in [6.07, 6.45) is 1.89. The quantitative estimate of drug-likeness (QED) is 0.0434. The van der Waals surface area contributed by atoms with E-state index in [1.165, 1.54) is 46.3 Å². The summed E-state index contributed by atoms with van der Waals surface area (Å²) in [5.41, 5.74) is 2.20. The number of thioether (sulfide) groups is 1. The molecule has 4 N–H and O–H groups in total. The van der Waals surface area contributed by atoms with Gasteiger partial charge < -0.3 is 40.2 Å². The molecule has 13 nitrogen and oxygen atoms in total. The summed E-state index contributed by atoms with van der Waals surface area (Å²) in [5, 5.41) is 10.8. The van der Waals surface area contributed by atoms with E-state index < -0.39 is 34.8 Å². The van der Waals surface area contributed by atoms with Crippen LogP contribution in [0.15, 0.2) is 108 Å². The van der Waals surface area contributed by atoms with E-state index in [4.69, 9.17) is 18.9 Å². The minimum atomic E-state index is -0.689. The fourth-order valence-electron chi connectivity index (χ4n) is 5.69. The van der Waals surface area contributed by atoms with E-state index >= 15 is 0 Å². The second-order valence-corrected chi connectivity index (χ2v) is 14.7. The molecule has 4 aromatic carbocycles. The largest absolute Gasteiger partial charge is 0.493 e. The maximum atomic E-state index is 13.9. The van der Waals surface area contributed by atoms with Gasteiger partial charge in [0.1, 0.15) is 10.7 Å². The van der Waals surface area contributed by atoms with Gasteiger partial charge >= 0.3 is 5.97 Å². The highest BCUT2D eigenvalue weighted by atomic mass is 32.2. The molecule has 0 spiro atoms.